The molecular weight excluding hydrogens is 441 g/mol. The highest BCUT2D eigenvalue weighted by Crippen LogP contribution is 2.36. The van der Waals surface area contributed by atoms with Gasteiger partial charge in [-0.1, -0.05) is 35.9 Å². The van der Waals surface area contributed by atoms with Gasteiger partial charge in [0.15, 0.2) is 0 Å². The molecule has 5 nitrogen and oxygen atoms in total. The van der Waals surface area contributed by atoms with E-state index in [4.69, 9.17) is 11.6 Å². The van der Waals surface area contributed by atoms with Gasteiger partial charge in [0, 0.05) is 16.3 Å². The number of nitrogens with one attached hydrogen (secondary N) is 2. The van der Waals surface area contributed by atoms with E-state index in [0.29, 0.717) is 6.07 Å². The van der Waals surface area contributed by atoms with Gasteiger partial charge in [-0.25, -0.2) is 8.42 Å². The van der Waals surface area contributed by atoms with E-state index in [-0.39, 0.29) is 21.2 Å². The lowest BCUT2D eigenvalue weighted by atomic mass is 10.1. The van der Waals surface area contributed by atoms with Gasteiger partial charge >= 0.3 is 6.18 Å². The molecule has 0 aliphatic rings. The third kappa shape index (κ3) is 5.11. The van der Waals surface area contributed by atoms with Crippen molar-refractivity contribution in [2.45, 2.75) is 11.1 Å². The van der Waals surface area contributed by atoms with Crippen LogP contribution < -0.4 is 10.0 Å². The van der Waals surface area contributed by atoms with Crippen molar-refractivity contribution in [2.75, 3.05) is 10.0 Å². The van der Waals surface area contributed by atoms with Crippen molar-refractivity contribution >= 4 is 38.9 Å². The van der Waals surface area contributed by atoms with Gasteiger partial charge < -0.3 is 5.32 Å². The molecule has 0 spiro atoms. The van der Waals surface area contributed by atoms with E-state index in [0.717, 1.165) is 6.07 Å². The molecule has 0 saturated carbocycles. The van der Waals surface area contributed by atoms with Gasteiger partial charge in [0.2, 0.25) is 0 Å². The SMILES string of the molecule is O=C(Nc1ccc(Cl)cc1C(F)(F)F)c1cccc(NS(=O)(=O)c2ccccc2)c1. The number of sulfonamides is 1. The lowest BCUT2D eigenvalue weighted by Crippen LogP contribution is -2.17. The van der Waals surface area contributed by atoms with E-state index in [1.54, 1.807) is 18.2 Å². The Bertz CT molecular complexity index is 1180. The lowest BCUT2D eigenvalue weighted by molar-refractivity contribution is -0.136. The first-order valence-corrected chi connectivity index (χ1v) is 10.3. The van der Waals surface area contributed by atoms with Crippen LogP contribution in [-0.4, -0.2) is 14.3 Å². The Kier molecular flexibility index (Phi) is 6.04. The molecular formula is C20H14ClF3N2O3S. The number of hydrogen-bond acceptors (Lipinski definition) is 3. The molecule has 0 radical (unpaired) electrons. The fourth-order valence-electron chi connectivity index (χ4n) is 2.59. The van der Waals surface area contributed by atoms with Crippen LogP contribution in [0.5, 0.6) is 0 Å². The molecule has 0 aliphatic carbocycles. The zero-order valence-electron chi connectivity index (χ0n) is 15.1. The molecule has 3 aromatic rings. The number of alkyl halides is 3. The predicted molar refractivity (Wildman–Crippen MR) is 108 cm³/mol. The minimum atomic E-state index is -4.72. The van der Waals surface area contributed by atoms with Crippen LogP contribution >= 0.6 is 11.6 Å². The summed E-state index contributed by atoms with van der Waals surface area (Å²) in [5, 5.41) is 2.06. The number of halogens is 4. The normalized spacial score (nSPS) is 11.7. The van der Waals surface area contributed by atoms with Crippen LogP contribution in [-0.2, 0) is 16.2 Å². The Morgan fingerprint density at radius 1 is 0.900 bits per heavy atom. The van der Waals surface area contributed by atoms with Crippen LogP contribution in [0.4, 0.5) is 24.5 Å². The Morgan fingerprint density at radius 3 is 2.27 bits per heavy atom. The molecule has 0 atom stereocenters. The topological polar surface area (TPSA) is 75.3 Å². The maximum Gasteiger partial charge on any atom is 0.418 e. The van der Waals surface area contributed by atoms with Crippen LogP contribution in [0.15, 0.2) is 77.7 Å². The van der Waals surface area contributed by atoms with Crippen LogP contribution in [0, 0.1) is 0 Å². The molecule has 0 bridgehead atoms. The summed E-state index contributed by atoms with van der Waals surface area (Å²) in [5.74, 6) is -0.844. The maximum atomic E-state index is 13.2. The summed E-state index contributed by atoms with van der Waals surface area (Å²) in [5.41, 5.74) is -1.51. The number of rotatable bonds is 5. The minimum absolute atomic E-state index is 0.0239. The number of carbonyl (C=O) groups is 1. The number of anilines is 2. The molecule has 3 aromatic carbocycles. The molecule has 0 unspecified atom stereocenters. The molecule has 0 aromatic heterocycles. The van der Waals surface area contributed by atoms with Crippen molar-refractivity contribution in [3.05, 3.63) is 88.9 Å². The van der Waals surface area contributed by atoms with Gasteiger partial charge in [-0.05, 0) is 48.5 Å². The highest BCUT2D eigenvalue weighted by atomic mass is 35.5. The predicted octanol–water partition coefficient (Wildman–Crippen LogP) is 5.41. The van der Waals surface area contributed by atoms with Gasteiger partial charge in [0.05, 0.1) is 16.1 Å². The Hall–Kier alpha value is -3.04. The summed E-state index contributed by atoms with van der Waals surface area (Å²) in [6.07, 6.45) is -4.72. The van der Waals surface area contributed by atoms with Crippen LogP contribution in [0.1, 0.15) is 15.9 Å². The second-order valence-corrected chi connectivity index (χ2v) is 8.26. The summed E-state index contributed by atoms with van der Waals surface area (Å²) in [7, 11) is -3.89. The molecule has 156 valence electrons. The first-order valence-electron chi connectivity index (χ1n) is 8.42. The van der Waals surface area contributed by atoms with Gasteiger partial charge in [-0.3, -0.25) is 9.52 Å². The third-order valence-corrected chi connectivity index (χ3v) is 5.60. The van der Waals surface area contributed by atoms with Gasteiger partial charge in [-0.2, -0.15) is 13.2 Å². The highest BCUT2D eigenvalue weighted by Gasteiger charge is 2.34. The summed E-state index contributed by atoms with van der Waals surface area (Å²) >= 11 is 5.63. The summed E-state index contributed by atoms with van der Waals surface area (Å²) in [6.45, 7) is 0. The van der Waals surface area contributed by atoms with E-state index >= 15 is 0 Å². The monoisotopic (exact) mass is 454 g/mol. The standard InChI is InChI=1S/C20H14ClF3N2O3S/c21-14-9-10-18(17(12-14)20(22,23)24)25-19(27)13-5-4-6-15(11-13)26-30(28,29)16-7-2-1-3-8-16/h1-12,26H,(H,25,27). The summed E-state index contributed by atoms with van der Waals surface area (Å²) in [4.78, 5) is 12.5. The average Bonchev–Trinajstić information content (AvgIpc) is 2.69. The molecule has 10 heteroatoms. The smallest absolute Gasteiger partial charge is 0.321 e. The third-order valence-electron chi connectivity index (χ3n) is 3.97. The second-order valence-electron chi connectivity index (χ2n) is 6.14. The molecule has 1 amide bonds. The number of amides is 1. The van der Waals surface area contributed by atoms with Crippen molar-refractivity contribution < 1.29 is 26.4 Å². The quantitative estimate of drug-likeness (QED) is 0.541. The molecule has 0 fully saturated rings. The number of carbonyl (C=O) groups excluding carboxylic acids is 1. The highest BCUT2D eigenvalue weighted by molar-refractivity contribution is 7.92. The lowest BCUT2D eigenvalue weighted by Gasteiger charge is -2.14. The zero-order chi connectivity index (χ0) is 21.9. The molecule has 3 rings (SSSR count). The summed E-state index contributed by atoms with van der Waals surface area (Å²) in [6, 6.07) is 15.9. The maximum absolute atomic E-state index is 13.2. The largest absolute Gasteiger partial charge is 0.418 e. The Labute approximate surface area is 175 Å². The van der Waals surface area contributed by atoms with E-state index in [1.165, 1.54) is 42.5 Å². The molecule has 2 N–H and O–H groups in total. The van der Waals surface area contributed by atoms with Crippen molar-refractivity contribution in [3.8, 4) is 0 Å². The fourth-order valence-corrected chi connectivity index (χ4v) is 3.83. The average molecular weight is 455 g/mol. The molecule has 30 heavy (non-hydrogen) atoms. The number of benzene rings is 3. The van der Waals surface area contributed by atoms with Gasteiger partial charge in [0.25, 0.3) is 15.9 Å². The van der Waals surface area contributed by atoms with Crippen molar-refractivity contribution in [3.63, 3.8) is 0 Å². The van der Waals surface area contributed by atoms with Crippen molar-refractivity contribution in [1.82, 2.24) is 0 Å². The zero-order valence-corrected chi connectivity index (χ0v) is 16.6. The molecule has 0 heterocycles. The van der Waals surface area contributed by atoms with Crippen LogP contribution in [0.3, 0.4) is 0 Å². The van der Waals surface area contributed by atoms with Crippen LogP contribution in [0.2, 0.25) is 5.02 Å². The molecule has 0 saturated heterocycles. The summed E-state index contributed by atoms with van der Waals surface area (Å²) < 4.78 is 66.8. The fraction of sp³-hybridized carbons (Fsp3) is 0.0500. The molecule has 0 aliphatic heterocycles. The van der Waals surface area contributed by atoms with E-state index in [9.17, 15) is 26.4 Å². The Morgan fingerprint density at radius 2 is 1.60 bits per heavy atom. The van der Waals surface area contributed by atoms with E-state index in [1.807, 2.05) is 0 Å². The van der Waals surface area contributed by atoms with Gasteiger partial charge in [0.1, 0.15) is 0 Å². The van der Waals surface area contributed by atoms with Gasteiger partial charge in [-0.15, -0.1) is 0 Å². The second kappa shape index (κ2) is 8.37. The van der Waals surface area contributed by atoms with Crippen molar-refractivity contribution in [1.29, 1.82) is 0 Å². The first kappa shape index (κ1) is 21.7. The minimum Gasteiger partial charge on any atom is -0.321 e. The Balaban J connectivity index is 1.84. The van der Waals surface area contributed by atoms with E-state index in [2.05, 4.69) is 10.0 Å². The van der Waals surface area contributed by atoms with Crippen LogP contribution in [0.25, 0.3) is 0 Å². The number of hydrogen-bond donors (Lipinski definition) is 2. The van der Waals surface area contributed by atoms with Crippen molar-refractivity contribution in [2.24, 2.45) is 0 Å². The van der Waals surface area contributed by atoms with E-state index < -0.39 is 33.4 Å². The first-order chi connectivity index (χ1) is 14.1.